The molecule has 0 unspecified atom stereocenters. The lowest BCUT2D eigenvalue weighted by atomic mass is 9.78. The highest BCUT2D eigenvalue weighted by Gasteiger charge is 2.43. The average molecular weight is 239 g/mol. The van der Waals surface area contributed by atoms with Crippen molar-refractivity contribution in [3.63, 3.8) is 0 Å². The normalized spacial score (nSPS) is 23.9. The van der Waals surface area contributed by atoms with E-state index < -0.39 is 0 Å². The number of hydrogen-bond acceptors (Lipinski definition) is 3. The molecule has 2 aliphatic rings. The smallest absolute Gasteiger partial charge is 0.223 e. The molecule has 0 atom stereocenters. The van der Waals surface area contributed by atoms with Crippen molar-refractivity contribution in [1.82, 2.24) is 15.1 Å². The monoisotopic (exact) mass is 239 g/mol. The maximum Gasteiger partial charge on any atom is 0.223 e. The van der Waals surface area contributed by atoms with Crippen molar-refractivity contribution in [1.29, 1.82) is 0 Å². The first-order valence-corrected chi connectivity index (χ1v) is 6.75. The molecular weight excluding hydrogens is 214 g/mol. The fourth-order valence-electron chi connectivity index (χ4n) is 3.06. The van der Waals surface area contributed by atoms with Gasteiger partial charge in [-0.1, -0.05) is 0 Å². The van der Waals surface area contributed by atoms with E-state index in [1.165, 1.54) is 12.8 Å². The van der Waals surface area contributed by atoms with Gasteiger partial charge in [0.2, 0.25) is 5.91 Å². The summed E-state index contributed by atoms with van der Waals surface area (Å²) >= 11 is 0. The zero-order chi connectivity index (χ0) is 12.3. The molecule has 1 spiro atoms. The van der Waals surface area contributed by atoms with Crippen LogP contribution in [-0.2, 0) is 4.79 Å². The second kappa shape index (κ2) is 5.36. The number of likely N-dealkylation sites (tertiary alicyclic amines) is 1. The van der Waals surface area contributed by atoms with Crippen LogP contribution in [0.1, 0.15) is 25.7 Å². The fraction of sp³-hybridized carbons (Fsp3) is 0.923. The van der Waals surface area contributed by atoms with Crippen LogP contribution in [0.5, 0.6) is 0 Å². The number of nitrogens with one attached hydrogen (secondary N) is 1. The first-order valence-electron chi connectivity index (χ1n) is 6.75. The minimum Gasteiger partial charge on any atom is -0.342 e. The van der Waals surface area contributed by atoms with Gasteiger partial charge < -0.3 is 15.1 Å². The molecule has 1 N–H and O–H groups in total. The zero-order valence-electron chi connectivity index (χ0n) is 11.2. The molecule has 0 radical (unpaired) electrons. The van der Waals surface area contributed by atoms with E-state index >= 15 is 0 Å². The van der Waals surface area contributed by atoms with Crippen LogP contribution in [0.15, 0.2) is 0 Å². The molecule has 0 bridgehead atoms. The van der Waals surface area contributed by atoms with Crippen LogP contribution in [0.25, 0.3) is 0 Å². The summed E-state index contributed by atoms with van der Waals surface area (Å²) in [6.07, 6.45) is 4.22. The van der Waals surface area contributed by atoms with Gasteiger partial charge in [0, 0.05) is 19.5 Å². The SMILES string of the molecule is CN(C)CCCN1CC2(CCNCC2)CC1=O. The van der Waals surface area contributed by atoms with Crippen LogP contribution in [0, 0.1) is 5.41 Å². The Labute approximate surface area is 104 Å². The predicted octanol–water partition coefficient (Wildman–Crippen LogP) is 0.540. The lowest BCUT2D eigenvalue weighted by molar-refractivity contribution is -0.127. The van der Waals surface area contributed by atoms with Crippen LogP contribution in [0.3, 0.4) is 0 Å². The highest BCUT2D eigenvalue weighted by molar-refractivity contribution is 5.79. The fourth-order valence-corrected chi connectivity index (χ4v) is 3.06. The van der Waals surface area contributed by atoms with Gasteiger partial charge in [-0.15, -0.1) is 0 Å². The van der Waals surface area contributed by atoms with E-state index in [2.05, 4.69) is 29.2 Å². The Morgan fingerprint density at radius 1 is 1.35 bits per heavy atom. The molecule has 2 fully saturated rings. The summed E-state index contributed by atoms with van der Waals surface area (Å²) in [5.41, 5.74) is 0.306. The van der Waals surface area contributed by atoms with Gasteiger partial charge in [-0.05, 0) is 58.4 Å². The van der Waals surface area contributed by atoms with Gasteiger partial charge in [-0.3, -0.25) is 4.79 Å². The van der Waals surface area contributed by atoms with Crippen molar-refractivity contribution >= 4 is 5.91 Å². The van der Waals surface area contributed by atoms with Crippen LogP contribution in [-0.4, -0.2) is 62.5 Å². The predicted molar refractivity (Wildman–Crippen MR) is 68.9 cm³/mol. The van der Waals surface area contributed by atoms with Crippen molar-refractivity contribution in [3.05, 3.63) is 0 Å². The lowest BCUT2D eigenvalue weighted by Gasteiger charge is -2.33. The Hall–Kier alpha value is -0.610. The number of hydrogen-bond donors (Lipinski definition) is 1. The van der Waals surface area contributed by atoms with E-state index in [1.807, 2.05) is 0 Å². The van der Waals surface area contributed by atoms with Crippen molar-refractivity contribution in [2.75, 3.05) is 46.8 Å². The molecule has 2 saturated heterocycles. The molecule has 17 heavy (non-hydrogen) atoms. The number of piperidine rings is 1. The first-order chi connectivity index (χ1) is 8.11. The van der Waals surface area contributed by atoms with Gasteiger partial charge in [-0.25, -0.2) is 0 Å². The summed E-state index contributed by atoms with van der Waals surface area (Å²) in [5.74, 6) is 0.380. The topological polar surface area (TPSA) is 35.6 Å². The maximum absolute atomic E-state index is 12.0. The molecule has 0 aromatic carbocycles. The highest BCUT2D eigenvalue weighted by Crippen LogP contribution is 2.39. The third-order valence-electron chi connectivity index (χ3n) is 4.10. The Balaban J connectivity index is 1.82. The molecule has 4 heteroatoms. The summed E-state index contributed by atoms with van der Waals surface area (Å²) in [5, 5.41) is 3.39. The molecule has 0 aromatic heterocycles. The average Bonchev–Trinajstić information content (AvgIpc) is 2.56. The minimum absolute atomic E-state index is 0.306. The molecule has 98 valence electrons. The Kier molecular flexibility index (Phi) is 4.05. The molecule has 2 aliphatic heterocycles. The molecule has 0 aliphatic carbocycles. The van der Waals surface area contributed by atoms with E-state index in [1.54, 1.807) is 0 Å². The summed E-state index contributed by atoms with van der Waals surface area (Å²) in [7, 11) is 4.17. The van der Waals surface area contributed by atoms with Crippen molar-refractivity contribution < 1.29 is 4.79 Å². The van der Waals surface area contributed by atoms with Gasteiger partial charge in [-0.2, -0.15) is 0 Å². The first kappa shape index (κ1) is 12.8. The van der Waals surface area contributed by atoms with Gasteiger partial charge >= 0.3 is 0 Å². The zero-order valence-corrected chi connectivity index (χ0v) is 11.2. The molecule has 4 nitrogen and oxygen atoms in total. The Morgan fingerprint density at radius 3 is 2.71 bits per heavy atom. The van der Waals surface area contributed by atoms with Crippen LogP contribution >= 0.6 is 0 Å². The number of nitrogens with zero attached hydrogens (tertiary/aromatic N) is 2. The number of carbonyl (C=O) groups excluding carboxylic acids is 1. The Morgan fingerprint density at radius 2 is 2.06 bits per heavy atom. The van der Waals surface area contributed by atoms with E-state index in [0.717, 1.165) is 45.6 Å². The van der Waals surface area contributed by atoms with Crippen LogP contribution in [0.4, 0.5) is 0 Å². The standard InChI is InChI=1S/C13H25N3O/c1-15(2)8-3-9-16-11-13(10-12(16)17)4-6-14-7-5-13/h14H,3-11H2,1-2H3. The molecule has 0 saturated carbocycles. The highest BCUT2D eigenvalue weighted by atomic mass is 16.2. The van der Waals surface area contributed by atoms with E-state index in [0.29, 0.717) is 11.3 Å². The third kappa shape index (κ3) is 3.19. The number of amides is 1. The number of rotatable bonds is 4. The van der Waals surface area contributed by atoms with Gasteiger partial charge in [0.25, 0.3) is 0 Å². The van der Waals surface area contributed by atoms with E-state index in [4.69, 9.17) is 0 Å². The number of carbonyl (C=O) groups is 1. The second-order valence-electron chi connectivity index (χ2n) is 5.90. The molecule has 2 heterocycles. The molecular formula is C13H25N3O. The largest absolute Gasteiger partial charge is 0.342 e. The molecule has 0 aromatic rings. The molecule has 1 amide bonds. The van der Waals surface area contributed by atoms with Gasteiger partial charge in [0.05, 0.1) is 0 Å². The van der Waals surface area contributed by atoms with Gasteiger partial charge in [0.15, 0.2) is 0 Å². The molecule has 2 rings (SSSR count). The van der Waals surface area contributed by atoms with Gasteiger partial charge in [0.1, 0.15) is 0 Å². The Bertz CT molecular complexity index is 272. The quantitative estimate of drug-likeness (QED) is 0.778. The van der Waals surface area contributed by atoms with E-state index in [-0.39, 0.29) is 0 Å². The summed E-state index contributed by atoms with van der Waals surface area (Å²) < 4.78 is 0. The third-order valence-corrected chi connectivity index (χ3v) is 4.10. The summed E-state index contributed by atoms with van der Waals surface area (Å²) in [6, 6.07) is 0. The van der Waals surface area contributed by atoms with E-state index in [9.17, 15) is 4.79 Å². The van der Waals surface area contributed by atoms with Crippen LogP contribution in [0.2, 0.25) is 0 Å². The van der Waals surface area contributed by atoms with Crippen molar-refractivity contribution in [3.8, 4) is 0 Å². The summed E-state index contributed by atoms with van der Waals surface area (Å²) in [4.78, 5) is 16.3. The van der Waals surface area contributed by atoms with Crippen molar-refractivity contribution in [2.24, 2.45) is 5.41 Å². The maximum atomic E-state index is 12.0. The lowest BCUT2D eigenvalue weighted by Crippen LogP contribution is -2.39. The minimum atomic E-state index is 0.306. The van der Waals surface area contributed by atoms with Crippen LogP contribution < -0.4 is 5.32 Å². The van der Waals surface area contributed by atoms with Crippen molar-refractivity contribution in [2.45, 2.75) is 25.7 Å². The second-order valence-corrected chi connectivity index (χ2v) is 5.90. The summed E-state index contributed by atoms with van der Waals surface area (Å²) in [6.45, 7) is 5.17.